The average Bonchev–Trinajstić information content (AvgIpc) is 2.58. The average molecular weight is 357 g/mol. The number of nitrogens with zero attached hydrogens (tertiary/aromatic N) is 2. The predicted molar refractivity (Wildman–Crippen MR) is 101 cm³/mol. The summed E-state index contributed by atoms with van der Waals surface area (Å²) in [5.74, 6) is 1.15. The summed E-state index contributed by atoms with van der Waals surface area (Å²) in [6.07, 6.45) is 1.27. The second-order valence-corrected chi connectivity index (χ2v) is 7.60. The molecular weight excluding hydrogens is 334 g/mol. The first-order valence-electron chi connectivity index (χ1n) is 8.53. The Hall–Kier alpha value is -2.08. The third-order valence-electron chi connectivity index (χ3n) is 4.55. The van der Waals surface area contributed by atoms with Gasteiger partial charge in [0.25, 0.3) is 5.56 Å². The first-order valence-corrected chi connectivity index (χ1v) is 9.51. The Kier molecular flexibility index (Phi) is 4.99. The number of aromatic nitrogens is 2. The van der Waals surface area contributed by atoms with Crippen LogP contribution in [-0.4, -0.2) is 21.2 Å². The summed E-state index contributed by atoms with van der Waals surface area (Å²) in [6, 6.07) is 6.16. The van der Waals surface area contributed by atoms with E-state index < -0.39 is 0 Å². The topological polar surface area (TPSA) is 64.0 Å². The van der Waals surface area contributed by atoms with Gasteiger partial charge in [-0.05, 0) is 31.4 Å². The number of benzene rings is 1. The van der Waals surface area contributed by atoms with Crippen molar-refractivity contribution < 1.29 is 4.79 Å². The van der Waals surface area contributed by atoms with Gasteiger partial charge in [0.1, 0.15) is 5.82 Å². The second kappa shape index (κ2) is 7.04. The van der Waals surface area contributed by atoms with Crippen molar-refractivity contribution in [3.63, 3.8) is 0 Å². The summed E-state index contributed by atoms with van der Waals surface area (Å²) in [6.45, 7) is 6.12. The molecule has 1 atom stereocenters. The smallest absolute Gasteiger partial charge is 0.279 e. The van der Waals surface area contributed by atoms with E-state index in [0.717, 1.165) is 28.9 Å². The molecule has 0 unspecified atom stereocenters. The molecule has 2 aromatic rings. The molecule has 25 heavy (non-hydrogen) atoms. The van der Waals surface area contributed by atoms with Crippen LogP contribution in [0.5, 0.6) is 0 Å². The van der Waals surface area contributed by atoms with E-state index in [1.807, 2.05) is 37.6 Å². The van der Waals surface area contributed by atoms with Crippen molar-refractivity contribution in [1.29, 1.82) is 0 Å². The van der Waals surface area contributed by atoms with Crippen LogP contribution in [-0.2, 0) is 11.8 Å². The summed E-state index contributed by atoms with van der Waals surface area (Å²) in [7, 11) is 1.86. The van der Waals surface area contributed by atoms with Crippen molar-refractivity contribution in [2.45, 2.75) is 44.7 Å². The van der Waals surface area contributed by atoms with Crippen LogP contribution in [0.2, 0.25) is 0 Å². The Labute approximate surface area is 151 Å². The van der Waals surface area contributed by atoms with E-state index in [0.29, 0.717) is 16.5 Å². The third-order valence-corrected chi connectivity index (χ3v) is 5.78. The molecule has 1 aromatic heterocycles. The zero-order valence-corrected chi connectivity index (χ0v) is 15.9. The van der Waals surface area contributed by atoms with E-state index >= 15 is 0 Å². The molecule has 6 heteroatoms. The van der Waals surface area contributed by atoms with Gasteiger partial charge in [0.05, 0.1) is 5.56 Å². The molecule has 0 radical (unpaired) electrons. The number of carbonyl (C=O) groups excluding carboxylic acids is 1. The molecule has 0 saturated heterocycles. The number of hydrogen-bond donors (Lipinski definition) is 1. The number of amides is 1. The summed E-state index contributed by atoms with van der Waals surface area (Å²) in [4.78, 5) is 29.4. The minimum absolute atomic E-state index is 0.0638. The van der Waals surface area contributed by atoms with Gasteiger partial charge in [0, 0.05) is 25.1 Å². The van der Waals surface area contributed by atoms with Crippen LogP contribution in [0, 0.1) is 13.8 Å². The minimum Gasteiger partial charge on any atom is -0.312 e. The zero-order valence-electron chi connectivity index (χ0n) is 15.0. The van der Waals surface area contributed by atoms with Gasteiger partial charge in [0.2, 0.25) is 5.91 Å². The predicted octanol–water partition coefficient (Wildman–Crippen LogP) is 3.37. The summed E-state index contributed by atoms with van der Waals surface area (Å²) in [5, 5.41) is 3.54. The van der Waals surface area contributed by atoms with Gasteiger partial charge >= 0.3 is 0 Å². The maximum atomic E-state index is 12.8. The minimum atomic E-state index is -0.250. The molecule has 0 aliphatic carbocycles. The highest BCUT2D eigenvalue weighted by atomic mass is 32.2. The Morgan fingerprint density at radius 3 is 2.80 bits per heavy atom. The molecule has 5 nitrogen and oxygen atoms in total. The van der Waals surface area contributed by atoms with Crippen molar-refractivity contribution in [2.75, 3.05) is 11.1 Å². The molecule has 132 valence electrons. The van der Waals surface area contributed by atoms with Gasteiger partial charge in [-0.15, -0.1) is 0 Å². The fourth-order valence-electron chi connectivity index (χ4n) is 3.26. The lowest BCUT2D eigenvalue weighted by molar-refractivity contribution is -0.116. The van der Waals surface area contributed by atoms with Crippen LogP contribution < -0.4 is 10.9 Å². The summed E-state index contributed by atoms with van der Waals surface area (Å²) in [5.41, 5.74) is 3.59. The standard InChI is InChI=1S/C19H23N3O2S/c1-5-8-25-19-21-18(24)16-14(10-15(23)20-17(16)22(19)4)13-9-11(2)6-7-12(13)3/h6-7,9,14H,5,8,10H2,1-4H3,(H,20,23)/t14-/m0/s1. The van der Waals surface area contributed by atoms with E-state index in [-0.39, 0.29) is 23.8 Å². The maximum Gasteiger partial charge on any atom is 0.279 e. The van der Waals surface area contributed by atoms with Gasteiger partial charge in [-0.25, -0.2) is 0 Å². The van der Waals surface area contributed by atoms with Crippen LogP contribution in [0.3, 0.4) is 0 Å². The fraction of sp³-hybridized carbons (Fsp3) is 0.421. The van der Waals surface area contributed by atoms with Crippen LogP contribution in [0.25, 0.3) is 0 Å². The third kappa shape index (κ3) is 3.35. The SMILES string of the molecule is CCCSc1nc(=O)c2c(n1C)NC(=O)C[C@H]2c1cc(C)ccc1C. The van der Waals surface area contributed by atoms with Gasteiger partial charge in [-0.1, -0.05) is 42.4 Å². The fourth-order valence-corrected chi connectivity index (χ4v) is 4.08. The van der Waals surface area contributed by atoms with Crippen LogP contribution in [0.1, 0.15) is 47.9 Å². The lowest BCUT2D eigenvalue weighted by Gasteiger charge is -2.28. The van der Waals surface area contributed by atoms with E-state index in [4.69, 9.17) is 0 Å². The molecule has 3 rings (SSSR count). The van der Waals surface area contributed by atoms with Gasteiger partial charge in [0.15, 0.2) is 5.16 Å². The number of anilines is 1. The molecule has 1 aromatic carbocycles. The highest BCUT2D eigenvalue weighted by Gasteiger charge is 2.32. The van der Waals surface area contributed by atoms with Crippen LogP contribution >= 0.6 is 11.8 Å². The monoisotopic (exact) mass is 357 g/mol. The van der Waals surface area contributed by atoms with Crippen molar-refractivity contribution in [1.82, 2.24) is 9.55 Å². The zero-order chi connectivity index (χ0) is 18.1. The number of thioether (sulfide) groups is 1. The number of fused-ring (bicyclic) bond motifs is 1. The normalized spacial score (nSPS) is 16.5. The van der Waals surface area contributed by atoms with Crippen molar-refractivity contribution in [3.8, 4) is 0 Å². The highest BCUT2D eigenvalue weighted by Crippen LogP contribution is 2.37. The van der Waals surface area contributed by atoms with E-state index in [2.05, 4.69) is 23.3 Å². The van der Waals surface area contributed by atoms with Gasteiger partial charge in [-0.3, -0.25) is 9.59 Å². The van der Waals surface area contributed by atoms with E-state index in [9.17, 15) is 9.59 Å². The molecule has 0 saturated carbocycles. The number of hydrogen-bond acceptors (Lipinski definition) is 4. The molecule has 1 aliphatic heterocycles. The Morgan fingerprint density at radius 2 is 2.08 bits per heavy atom. The maximum absolute atomic E-state index is 12.8. The first kappa shape index (κ1) is 17.7. The van der Waals surface area contributed by atoms with Crippen molar-refractivity contribution in [3.05, 3.63) is 50.8 Å². The molecule has 0 bridgehead atoms. The van der Waals surface area contributed by atoms with E-state index in [1.165, 1.54) is 11.8 Å². The molecule has 2 heterocycles. The largest absolute Gasteiger partial charge is 0.312 e. The van der Waals surface area contributed by atoms with Gasteiger partial charge in [-0.2, -0.15) is 4.98 Å². The summed E-state index contributed by atoms with van der Waals surface area (Å²) >= 11 is 1.54. The number of rotatable bonds is 4. The highest BCUT2D eigenvalue weighted by molar-refractivity contribution is 7.99. The Balaban J connectivity index is 2.18. The number of aryl methyl sites for hydroxylation is 2. The number of nitrogens with one attached hydrogen (secondary N) is 1. The Morgan fingerprint density at radius 1 is 1.32 bits per heavy atom. The van der Waals surface area contributed by atoms with Gasteiger partial charge < -0.3 is 9.88 Å². The molecular formula is C19H23N3O2S. The molecule has 0 spiro atoms. The Bertz CT molecular complexity index is 889. The van der Waals surface area contributed by atoms with Crippen LogP contribution in [0.15, 0.2) is 28.2 Å². The van der Waals surface area contributed by atoms with Crippen molar-refractivity contribution in [2.24, 2.45) is 7.05 Å². The molecule has 1 amide bonds. The molecule has 1 N–H and O–H groups in total. The van der Waals surface area contributed by atoms with Crippen molar-refractivity contribution >= 4 is 23.5 Å². The lowest BCUT2D eigenvalue weighted by atomic mass is 9.84. The lowest BCUT2D eigenvalue weighted by Crippen LogP contribution is -2.33. The first-order chi connectivity index (χ1) is 11.9. The molecule has 0 fully saturated rings. The summed E-state index contributed by atoms with van der Waals surface area (Å²) < 4.78 is 1.84. The second-order valence-electron chi connectivity index (χ2n) is 6.53. The quantitative estimate of drug-likeness (QED) is 0.673. The van der Waals surface area contributed by atoms with Crippen LogP contribution in [0.4, 0.5) is 5.82 Å². The van der Waals surface area contributed by atoms with E-state index in [1.54, 1.807) is 0 Å². The molecule has 1 aliphatic rings. The number of carbonyl (C=O) groups is 1.